The molecule has 250 valence electrons. The molecule has 0 amide bonds. The van der Waals surface area contributed by atoms with Crippen LogP contribution in [0.25, 0.3) is 32.3 Å². The summed E-state index contributed by atoms with van der Waals surface area (Å²) in [4.78, 5) is 0. The normalized spacial score (nSPS) is 11.3. The number of benzene rings is 3. The van der Waals surface area contributed by atoms with Gasteiger partial charge >= 0.3 is 0 Å². The van der Waals surface area contributed by atoms with Gasteiger partial charge in [0.15, 0.2) is 23.0 Å². The molecule has 0 aliphatic carbocycles. The lowest BCUT2D eigenvalue weighted by Crippen LogP contribution is -2.04. The second-order valence-electron chi connectivity index (χ2n) is 12.7. The maximum atomic E-state index is 6.48. The van der Waals surface area contributed by atoms with Crippen molar-refractivity contribution in [2.75, 3.05) is 26.4 Å². The van der Waals surface area contributed by atoms with E-state index in [-0.39, 0.29) is 0 Å². The first-order valence-corrected chi connectivity index (χ1v) is 18.5. The van der Waals surface area contributed by atoms with Crippen LogP contribution in [0.5, 0.6) is 23.0 Å². The van der Waals surface area contributed by atoms with Crippen LogP contribution in [0.1, 0.15) is 130 Å². The van der Waals surface area contributed by atoms with Gasteiger partial charge in [0.2, 0.25) is 0 Å². The predicted molar refractivity (Wildman–Crippen MR) is 195 cm³/mol. The minimum atomic E-state index is 0.689. The minimum Gasteiger partial charge on any atom is -0.490 e. The molecule has 0 saturated carbocycles. The summed E-state index contributed by atoms with van der Waals surface area (Å²) in [5.74, 6) is 3.30. The van der Waals surface area contributed by atoms with Crippen LogP contribution in [-0.4, -0.2) is 26.4 Å². The number of fused-ring (bicyclic) bond motifs is 6. The molecule has 0 bridgehead atoms. The average molecular weight is 627 g/mol. The number of unbranched alkanes of at least 4 members (excludes halogenated alkanes) is 12. The van der Waals surface area contributed by atoms with Gasteiger partial charge in [-0.25, -0.2) is 0 Å². The molecule has 0 atom stereocenters. The van der Waals surface area contributed by atoms with Crippen LogP contribution >= 0.6 is 0 Å². The molecule has 0 aliphatic rings. The largest absolute Gasteiger partial charge is 0.490 e. The zero-order valence-corrected chi connectivity index (χ0v) is 29.2. The quantitative estimate of drug-likeness (QED) is 0.0573. The highest BCUT2D eigenvalue weighted by molar-refractivity contribution is 6.26. The van der Waals surface area contributed by atoms with Gasteiger partial charge in [-0.1, -0.05) is 117 Å². The fourth-order valence-corrected chi connectivity index (χ4v) is 6.14. The van der Waals surface area contributed by atoms with Crippen molar-refractivity contribution >= 4 is 32.3 Å². The first-order valence-electron chi connectivity index (χ1n) is 18.5. The highest BCUT2D eigenvalue weighted by atomic mass is 16.5. The van der Waals surface area contributed by atoms with Gasteiger partial charge in [-0.2, -0.15) is 0 Å². The number of hydrogen-bond donors (Lipinski definition) is 0. The Morgan fingerprint density at radius 2 is 0.609 bits per heavy atom. The van der Waals surface area contributed by atoms with Crippen LogP contribution in [0.2, 0.25) is 0 Å². The maximum absolute atomic E-state index is 6.48. The van der Waals surface area contributed by atoms with E-state index < -0.39 is 0 Å². The Hall–Kier alpha value is -3.32. The molecule has 0 spiro atoms. The van der Waals surface area contributed by atoms with E-state index in [9.17, 15) is 0 Å². The molecule has 0 aliphatic heterocycles. The molecule has 4 aromatic carbocycles. The molecule has 0 unspecified atom stereocenters. The molecule has 4 heteroatoms. The number of ether oxygens (including phenoxy) is 4. The summed E-state index contributed by atoms with van der Waals surface area (Å²) in [7, 11) is 0. The van der Waals surface area contributed by atoms with E-state index >= 15 is 0 Å². The molecule has 4 rings (SSSR count). The van der Waals surface area contributed by atoms with Crippen molar-refractivity contribution in [2.24, 2.45) is 0 Å². The van der Waals surface area contributed by atoms with Crippen molar-refractivity contribution in [1.29, 1.82) is 0 Å². The second kappa shape index (κ2) is 20.0. The van der Waals surface area contributed by atoms with E-state index in [0.29, 0.717) is 26.4 Å². The Labute approximate surface area is 279 Å². The van der Waals surface area contributed by atoms with Crippen LogP contribution in [0.3, 0.4) is 0 Å². The van der Waals surface area contributed by atoms with Crippen LogP contribution in [0.4, 0.5) is 0 Å². The van der Waals surface area contributed by atoms with Crippen molar-refractivity contribution < 1.29 is 18.9 Å². The summed E-state index contributed by atoms with van der Waals surface area (Å²) in [6, 6.07) is 19.3. The summed E-state index contributed by atoms with van der Waals surface area (Å²) in [6.45, 7) is 11.7. The van der Waals surface area contributed by atoms with Crippen molar-refractivity contribution in [1.82, 2.24) is 0 Å². The van der Waals surface area contributed by atoms with E-state index in [1.165, 1.54) is 77.0 Å². The second-order valence-corrected chi connectivity index (χ2v) is 12.7. The fraction of sp³-hybridized carbons (Fsp3) is 0.571. The Balaban J connectivity index is 1.79. The Kier molecular flexibility index (Phi) is 15.5. The van der Waals surface area contributed by atoms with Gasteiger partial charge < -0.3 is 18.9 Å². The van der Waals surface area contributed by atoms with E-state index in [4.69, 9.17) is 18.9 Å². The third-order valence-corrected chi connectivity index (χ3v) is 8.87. The molecule has 4 aromatic rings. The lowest BCUT2D eigenvalue weighted by Gasteiger charge is -2.19. The summed E-state index contributed by atoms with van der Waals surface area (Å²) < 4.78 is 25.8. The van der Waals surface area contributed by atoms with Crippen molar-refractivity contribution in [3.05, 3.63) is 48.5 Å². The van der Waals surface area contributed by atoms with Gasteiger partial charge in [0.25, 0.3) is 0 Å². The smallest absolute Gasteiger partial charge is 0.161 e. The maximum Gasteiger partial charge on any atom is 0.161 e. The van der Waals surface area contributed by atoms with Crippen molar-refractivity contribution in [3.8, 4) is 23.0 Å². The van der Waals surface area contributed by atoms with Crippen molar-refractivity contribution in [2.45, 2.75) is 130 Å². The molecule has 0 heterocycles. The minimum absolute atomic E-state index is 0.689. The average Bonchev–Trinajstić information content (AvgIpc) is 3.08. The first kappa shape index (κ1) is 35.5. The molecular weight excluding hydrogens is 568 g/mol. The highest BCUT2D eigenvalue weighted by Gasteiger charge is 2.18. The SMILES string of the molecule is CCCCCCOc1cc2c3cc#ccc3c3cc(OCCCCCC)c(OCCCCCC)cc3c2cc1OCCCCCC. The molecule has 4 nitrogen and oxygen atoms in total. The molecular formula is C42H58O4. The Bertz CT molecular complexity index is 1350. The molecule has 0 radical (unpaired) electrons. The lowest BCUT2D eigenvalue weighted by molar-refractivity contribution is 0.259. The van der Waals surface area contributed by atoms with Gasteiger partial charge in [0, 0.05) is 0 Å². The third-order valence-electron chi connectivity index (χ3n) is 8.87. The van der Waals surface area contributed by atoms with E-state index in [2.05, 4.69) is 76.2 Å². The number of rotatable bonds is 24. The Morgan fingerprint density at radius 3 is 0.870 bits per heavy atom. The van der Waals surface area contributed by atoms with Gasteiger partial charge in [0.1, 0.15) is 0 Å². The van der Waals surface area contributed by atoms with E-state index in [1.807, 2.05) is 0 Å². The van der Waals surface area contributed by atoms with Crippen LogP contribution in [0, 0.1) is 12.1 Å². The van der Waals surface area contributed by atoms with E-state index in [0.717, 1.165) is 81.0 Å². The summed E-state index contributed by atoms with van der Waals surface area (Å²) in [6.07, 6.45) is 18.7. The van der Waals surface area contributed by atoms with Gasteiger partial charge in [0.05, 0.1) is 26.4 Å². The topological polar surface area (TPSA) is 36.9 Å². The Morgan fingerprint density at radius 1 is 0.348 bits per heavy atom. The fourth-order valence-electron chi connectivity index (χ4n) is 6.14. The zero-order chi connectivity index (χ0) is 32.4. The molecule has 0 N–H and O–H groups in total. The van der Waals surface area contributed by atoms with Crippen LogP contribution in [-0.2, 0) is 0 Å². The summed E-state index contributed by atoms with van der Waals surface area (Å²) >= 11 is 0. The van der Waals surface area contributed by atoms with Gasteiger partial charge in [-0.15, -0.1) is 0 Å². The first-order chi connectivity index (χ1) is 22.7. The predicted octanol–water partition coefficient (Wildman–Crippen LogP) is 12.6. The standard InChI is InChI=1S/C42H58O4/c1-5-9-13-19-25-43-39-29-35-33-23-17-18-24-34(33)36-30-40(44-26-20-14-10-6-2)42(46-28-22-16-12-8-4)32-38(36)37(35)31-41(39)45-27-21-15-11-7-3/h23-24,29-32H,5-16,19-22,25-28H2,1-4H3. The van der Waals surface area contributed by atoms with Crippen LogP contribution in [0.15, 0.2) is 36.4 Å². The summed E-state index contributed by atoms with van der Waals surface area (Å²) in [5.41, 5.74) is 0. The van der Waals surface area contributed by atoms with Crippen molar-refractivity contribution in [3.63, 3.8) is 0 Å². The molecule has 0 aromatic heterocycles. The van der Waals surface area contributed by atoms with Crippen LogP contribution < -0.4 is 18.9 Å². The number of hydrogen-bond acceptors (Lipinski definition) is 4. The van der Waals surface area contributed by atoms with Gasteiger partial charge in [-0.3, -0.25) is 0 Å². The molecule has 46 heavy (non-hydrogen) atoms. The van der Waals surface area contributed by atoms with Gasteiger partial charge in [-0.05, 0) is 94.4 Å². The van der Waals surface area contributed by atoms with E-state index in [1.54, 1.807) is 0 Å². The molecule has 0 fully saturated rings. The zero-order valence-electron chi connectivity index (χ0n) is 29.2. The monoisotopic (exact) mass is 626 g/mol. The third kappa shape index (κ3) is 10.1. The highest BCUT2D eigenvalue weighted by Crippen LogP contribution is 2.44. The summed E-state index contributed by atoms with van der Waals surface area (Å²) in [5, 5.41) is 6.81. The lowest BCUT2D eigenvalue weighted by atomic mass is 9.94. The molecule has 0 saturated heterocycles.